The molecule has 3 aromatic rings. The normalized spacial score (nSPS) is 10.1. The van der Waals surface area contributed by atoms with E-state index in [9.17, 15) is 4.79 Å². The van der Waals surface area contributed by atoms with Crippen LogP contribution in [-0.2, 0) is 6.42 Å². The van der Waals surface area contributed by atoms with Crippen LogP contribution in [-0.4, -0.2) is 16.1 Å². The van der Waals surface area contributed by atoms with Gasteiger partial charge in [0, 0.05) is 5.69 Å². The Balaban J connectivity index is 1.76. The molecule has 2 aromatic carbocycles. The molecule has 27 heavy (non-hydrogen) atoms. The van der Waals surface area contributed by atoms with Crippen LogP contribution in [0.1, 0.15) is 34.1 Å². The van der Waals surface area contributed by atoms with Crippen LogP contribution < -0.4 is 10.6 Å². The number of nitrogens with one attached hydrogen (secondary N) is 2. The van der Waals surface area contributed by atoms with Gasteiger partial charge in [-0.3, -0.25) is 4.79 Å². The van der Waals surface area contributed by atoms with E-state index in [1.165, 1.54) is 5.56 Å². The Morgan fingerprint density at radius 3 is 2.59 bits per heavy atom. The molecule has 0 aliphatic rings. The summed E-state index contributed by atoms with van der Waals surface area (Å²) in [6.07, 6.45) is 0.899. The van der Waals surface area contributed by atoms with Gasteiger partial charge in [0.05, 0.1) is 11.3 Å². The molecule has 0 bridgehead atoms. The molecule has 6 nitrogen and oxygen atoms in total. The number of benzene rings is 2. The second-order valence-electron chi connectivity index (χ2n) is 6.00. The van der Waals surface area contributed by atoms with Crippen LogP contribution in [0.2, 0.25) is 0 Å². The monoisotopic (exact) mass is 357 g/mol. The van der Waals surface area contributed by atoms with Crippen LogP contribution in [0.3, 0.4) is 0 Å². The fraction of sp³-hybridized carbons (Fsp3) is 0.143. The van der Waals surface area contributed by atoms with Crippen molar-refractivity contribution >= 4 is 23.1 Å². The quantitative estimate of drug-likeness (QED) is 0.713. The second-order valence-corrected chi connectivity index (χ2v) is 6.00. The maximum absolute atomic E-state index is 12.4. The van der Waals surface area contributed by atoms with Gasteiger partial charge >= 0.3 is 0 Å². The SMILES string of the molecule is CCc1cccc(C)c1Nc1ccc(C(=O)Nc2ccccc2C#N)nn1. The Bertz CT molecular complexity index is 1010. The zero-order valence-corrected chi connectivity index (χ0v) is 15.2. The van der Waals surface area contributed by atoms with Gasteiger partial charge in [0.1, 0.15) is 6.07 Å². The standard InChI is InChI=1S/C21H19N5O/c1-3-15-9-6-7-14(2)20(15)24-19-12-11-18(25-26-19)21(27)23-17-10-5-4-8-16(17)13-22/h4-12H,3H2,1-2H3,(H,23,27)(H,24,26). The van der Waals surface area contributed by atoms with E-state index >= 15 is 0 Å². The zero-order valence-electron chi connectivity index (χ0n) is 15.2. The minimum absolute atomic E-state index is 0.175. The van der Waals surface area contributed by atoms with Crippen molar-refractivity contribution in [3.05, 3.63) is 77.0 Å². The predicted molar refractivity (Wildman–Crippen MR) is 105 cm³/mol. The second kappa shape index (κ2) is 8.11. The molecular formula is C21H19N5O. The number of rotatable bonds is 5. The number of anilines is 3. The van der Waals surface area contributed by atoms with Crippen molar-refractivity contribution in [1.82, 2.24) is 10.2 Å². The van der Waals surface area contributed by atoms with Crippen LogP contribution in [0.5, 0.6) is 0 Å². The highest BCUT2D eigenvalue weighted by Gasteiger charge is 2.12. The molecule has 0 saturated heterocycles. The number of nitriles is 1. The molecule has 134 valence electrons. The highest BCUT2D eigenvalue weighted by molar-refractivity contribution is 6.03. The van der Waals surface area contributed by atoms with Crippen molar-refractivity contribution in [3.63, 3.8) is 0 Å². The first-order chi connectivity index (χ1) is 13.1. The van der Waals surface area contributed by atoms with Crippen molar-refractivity contribution in [2.75, 3.05) is 10.6 Å². The van der Waals surface area contributed by atoms with Gasteiger partial charge in [0.15, 0.2) is 11.5 Å². The smallest absolute Gasteiger partial charge is 0.276 e. The predicted octanol–water partition coefficient (Wildman–Crippen LogP) is 4.22. The number of carbonyl (C=O) groups excluding carboxylic acids is 1. The van der Waals surface area contributed by atoms with E-state index in [1.807, 2.05) is 25.1 Å². The summed E-state index contributed by atoms with van der Waals surface area (Å²) < 4.78 is 0. The summed E-state index contributed by atoms with van der Waals surface area (Å²) in [5.41, 5.74) is 4.33. The third kappa shape index (κ3) is 4.10. The van der Waals surface area contributed by atoms with Crippen molar-refractivity contribution in [2.45, 2.75) is 20.3 Å². The van der Waals surface area contributed by atoms with Crippen LogP contribution in [0.25, 0.3) is 0 Å². The first kappa shape index (κ1) is 18.1. The van der Waals surface area contributed by atoms with Crippen LogP contribution in [0.15, 0.2) is 54.6 Å². The molecule has 3 rings (SSSR count). The third-order valence-electron chi connectivity index (χ3n) is 4.19. The molecule has 0 unspecified atom stereocenters. The Morgan fingerprint density at radius 1 is 1.07 bits per heavy atom. The van der Waals surface area contributed by atoms with Crippen molar-refractivity contribution < 1.29 is 4.79 Å². The fourth-order valence-corrected chi connectivity index (χ4v) is 2.73. The third-order valence-corrected chi connectivity index (χ3v) is 4.19. The van der Waals surface area contributed by atoms with E-state index in [2.05, 4.69) is 33.8 Å². The maximum atomic E-state index is 12.4. The molecule has 2 N–H and O–H groups in total. The summed E-state index contributed by atoms with van der Waals surface area (Å²) in [7, 11) is 0. The van der Waals surface area contributed by atoms with Crippen LogP contribution in [0.4, 0.5) is 17.2 Å². The van der Waals surface area contributed by atoms with Gasteiger partial charge in [-0.1, -0.05) is 37.3 Å². The lowest BCUT2D eigenvalue weighted by molar-refractivity contribution is 0.102. The summed E-state index contributed by atoms with van der Waals surface area (Å²) >= 11 is 0. The van der Waals surface area contributed by atoms with E-state index in [-0.39, 0.29) is 5.69 Å². The molecule has 0 aliphatic carbocycles. The molecule has 0 atom stereocenters. The van der Waals surface area contributed by atoms with Crippen LogP contribution in [0, 0.1) is 18.3 Å². The van der Waals surface area contributed by atoms with Gasteiger partial charge in [0.2, 0.25) is 0 Å². The van der Waals surface area contributed by atoms with E-state index in [0.29, 0.717) is 17.1 Å². The van der Waals surface area contributed by atoms with E-state index in [4.69, 9.17) is 5.26 Å². The van der Waals surface area contributed by atoms with E-state index in [1.54, 1.807) is 36.4 Å². The van der Waals surface area contributed by atoms with Gasteiger partial charge in [-0.15, -0.1) is 10.2 Å². The summed E-state index contributed by atoms with van der Waals surface area (Å²) in [5, 5.41) is 23.2. The molecule has 1 heterocycles. The van der Waals surface area contributed by atoms with Gasteiger partial charge in [-0.2, -0.15) is 5.26 Å². The Kier molecular flexibility index (Phi) is 5.43. The molecule has 0 saturated carbocycles. The maximum Gasteiger partial charge on any atom is 0.276 e. The number of nitrogens with zero attached hydrogens (tertiary/aromatic N) is 3. The highest BCUT2D eigenvalue weighted by atomic mass is 16.1. The first-order valence-corrected chi connectivity index (χ1v) is 8.62. The number of hydrogen-bond acceptors (Lipinski definition) is 5. The molecule has 1 aromatic heterocycles. The van der Waals surface area contributed by atoms with Gasteiger partial charge in [-0.05, 0) is 48.7 Å². The lowest BCUT2D eigenvalue weighted by Gasteiger charge is -2.13. The largest absolute Gasteiger partial charge is 0.338 e. The first-order valence-electron chi connectivity index (χ1n) is 8.62. The van der Waals surface area contributed by atoms with Gasteiger partial charge in [-0.25, -0.2) is 0 Å². The Morgan fingerprint density at radius 2 is 1.89 bits per heavy atom. The van der Waals surface area contributed by atoms with Crippen LogP contribution >= 0.6 is 0 Å². The van der Waals surface area contributed by atoms with E-state index < -0.39 is 5.91 Å². The van der Waals surface area contributed by atoms with E-state index in [0.717, 1.165) is 17.7 Å². The zero-order chi connectivity index (χ0) is 19.2. The lowest BCUT2D eigenvalue weighted by atomic mass is 10.1. The molecule has 1 amide bonds. The average Bonchev–Trinajstić information content (AvgIpc) is 2.70. The summed E-state index contributed by atoms with van der Waals surface area (Å²) in [6.45, 7) is 4.13. The minimum Gasteiger partial charge on any atom is -0.338 e. The van der Waals surface area contributed by atoms with Crippen molar-refractivity contribution in [2.24, 2.45) is 0 Å². The Hall–Kier alpha value is -3.72. The topological polar surface area (TPSA) is 90.7 Å². The van der Waals surface area contributed by atoms with Gasteiger partial charge in [0.25, 0.3) is 5.91 Å². The number of hydrogen-bond donors (Lipinski definition) is 2. The van der Waals surface area contributed by atoms with Crippen molar-refractivity contribution in [3.8, 4) is 6.07 Å². The summed E-state index contributed by atoms with van der Waals surface area (Å²) in [6, 6.07) is 18.3. The number of amides is 1. The number of aromatic nitrogens is 2. The number of para-hydroxylation sites is 2. The highest BCUT2D eigenvalue weighted by Crippen LogP contribution is 2.24. The Labute approximate surface area is 157 Å². The molecule has 0 radical (unpaired) electrons. The van der Waals surface area contributed by atoms with Gasteiger partial charge < -0.3 is 10.6 Å². The number of carbonyl (C=O) groups is 1. The number of aryl methyl sites for hydroxylation is 2. The summed E-state index contributed by atoms with van der Waals surface area (Å²) in [5.74, 6) is 0.148. The molecule has 0 spiro atoms. The fourth-order valence-electron chi connectivity index (χ4n) is 2.73. The van der Waals surface area contributed by atoms with Crippen molar-refractivity contribution in [1.29, 1.82) is 5.26 Å². The molecular weight excluding hydrogens is 338 g/mol. The lowest BCUT2D eigenvalue weighted by Crippen LogP contribution is -2.15. The minimum atomic E-state index is -0.415. The molecule has 6 heteroatoms. The molecule has 0 aliphatic heterocycles. The molecule has 0 fully saturated rings. The average molecular weight is 357 g/mol. The summed E-state index contributed by atoms with van der Waals surface area (Å²) in [4.78, 5) is 12.4.